The number of nitrogens with zero attached hydrogens (tertiary/aromatic N) is 3. The number of likely N-dealkylation sites (N-methyl/N-ethyl adjacent to an activating group) is 1. The van der Waals surface area contributed by atoms with E-state index in [-0.39, 0.29) is 12.1 Å². The second-order valence-corrected chi connectivity index (χ2v) is 10.5. The Morgan fingerprint density at radius 2 is 1.90 bits per heavy atom. The molecule has 3 heterocycles. The number of aryl methyl sites for hydroxylation is 1. The summed E-state index contributed by atoms with van der Waals surface area (Å²) in [6.07, 6.45) is 4.45. The monoisotopic (exact) mass is 536 g/mol. The molecule has 2 aromatic carbocycles. The molecule has 9 nitrogen and oxygen atoms in total. The van der Waals surface area contributed by atoms with E-state index in [0.29, 0.717) is 45.2 Å². The highest BCUT2D eigenvalue weighted by atomic mass is 16.5. The highest BCUT2D eigenvalue weighted by Gasteiger charge is 2.35. The van der Waals surface area contributed by atoms with Gasteiger partial charge >= 0.3 is 6.03 Å². The van der Waals surface area contributed by atoms with Gasteiger partial charge in [0.05, 0.1) is 33.5 Å². The summed E-state index contributed by atoms with van der Waals surface area (Å²) in [5, 5.41) is 1.15. The number of methoxy groups -OCH3 is 2. The highest BCUT2D eigenvalue weighted by Crippen LogP contribution is 2.41. The summed E-state index contributed by atoms with van der Waals surface area (Å²) in [6, 6.07) is 10.3. The summed E-state index contributed by atoms with van der Waals surface area (Å²) < 4.78 is 22.9. The SMILES string of the molecule is COc1ccc2[nH]cc(CCC3c4cc(OC)c(OCCN(C)C)cc4CCN3C(=O)N3CCOCC3)c2c1. The number of carbonyl (C=O) groups is 1. The van der Waals surface area contributed by atoms with Gasteiger partial charge in [-0.05, 0) is 80.4 Å². The third-order valence-corrected chi connectivity index (χ3v) is 7.77. The molecule has 2 amide bonds. The van der Waals surface area contributed by atoms with E-state index in [4.69, 9.17) is 18.9 Å². The first-order chi connectivity index (χ1) is 19.0. The van der Waals surface area contributed by atoms with Gasteiger partial charge in [-0.25, -0.2) is 4.79 Å². The number of urea groups is 1. The lowest BCUT2D eigenvalue weighted by Gasteiger charge is -2.41. The number of amides is 2. The van der Waals surface area contributed by atoms with Gasteiger partial charge < -0.3 is 38.6 Å². The molecule has 0 spiro atoms. The van der Waals surface area contributed by atoms with E-state index >= 15 is 0 Å². The van der Waals surface area contributed by atoms with E-state index in [9.17, 15) is 4.79 Å². The van der Waals surface area contributed by atoms with Crippen LogP contribution in [0.25, 0.3) is 10.9 Å². The number of fused-ring (bicyclic) bond motifs is 2. The van der Waals surface area contributed by atoms with Crippen LogP contribution < -0.4 is 14.2 Å². The molecule has 0 radical (unpaired) electrons. The van der Waals surface area contributed by atoms with Crippen LogP contribution in [0.1, 0.15) is 29.2 Å². The lowest BCUT2D eigenvalue weighted by Crippen LogP contribution is -2.51. The minimum absolute atomic E-state index is 0.0793. The van der Waals surface area contributed by atoms with Crippen molar-refractivity contribution in [3.8, 4) is 17.2 Å². The predicted molar refractivity (Wildman–Crippen MR) is 151 cm³/mol. The van der Waals surface area contributed by atoms with Crippen molar-refractivity contribution < 1.29 is 23.7 Å². The van der Waals surface area contributed by atoms with Crippen molar-refractivity contribution >= 4 is 16.9 Å². The topological polar surface area (TPSA) is 79.5 Å². The third kappa shape index (κ3) is 5.94. The van der Waals surface area contributed by atoms with Gasteiger partial charge in [0.1, 0.15) is 12.4 Å². The molecule has 1 aromatic heterocycles. The van der Waals surface area contributed by atoms with Crippen molar-refractivity contribution in [3.05, 3.63) is 53.2 Å². The van der Waals surface area contributed by atoms with E-state index in [0.717, 1.165) is 53.8 Å². The van der Waals surface area contributed by atoms with Crippen molar-refractivity contribution in [2.45, 2.75) is 25.3 Å². The number of aromatic amines is 1. The zero-order chi connectivity index (χ0) is 27.4. The van der Waals surface area contributed by atoms with Gasteiger partial charge in [-0.1, -0.05) is 0 Å². The maximum absolute atomic E-state index is 13.8. The minimum atomic E-state index is -0.0793. The molecule has 2 aliphatic heterocycles. The quantitative estimate of drug-likeness (QED) is 0.444. The number of hydrogen-bond acceptors (Lipinski definition) is 6. The van der Waals surface area contributed by atoms with Crippen LogP contribution in [0.2, 0.25) is 0 Å². The molecular formula is C30H40N4O5. The summed E-state index contributed by atoms with van der Waals surface area (Å²) in [5.74, 6) is 2.30. The molecule has 1 N–H and O–H groups in total. The van der Waals surface area contributed by atoms with Crippen LogP contribution in [0.15, 0.2) is 36.5 Å². The standard InChI is InChI=1S/C30H40N4O5/c1-32(2)11-16-39-29-17-21-9-10-34(30(35)33-12-14-38-15-13-33)27(25(21)19-28(29)37-4)8-5-22-20-31-26-7-6-23(36-3)18-24(22)26/h6-7,17-20,27,31H,5,8-16H2,1-4H3. The van der Waals surface area contributed by atoms with Crippen LogP contribution in [-0.4, -0.2) is 100 Å². The second kappa shape index (κ2) is 12.2. The molecule has 1 atom stereocenters. The summed E-state index contributed by atoms with van der Waals surface area (Å²) in [7, 11) is 7.42. The van der Waals surface area contributed by atoms with Crippen molar-refractivity contribution in [1.82, 2.24) is 19.7 Å². The number of benzene rings is 2. The second-order valence-electron chi connectivity index (χ2n) is 10.5. The van der Waals surface area contributed by atoms with Crippen LogP contribution in [-0.2, 0) is 17.6 Å². The summed E-state index contributed by atoms with van der Waals surface area (Å²) in [6.45, 7) is 4.48. The molecule has 0 aliphatic carbocycles. The minimum Gasteiger partial charge on any atom is -0.497 e. The van der Waals surface area contributed by atoms with E-state index in [1.54, 1.807) is 14.2 Å². The largest absolute Gasteiger partial charge is 0.497 e. The third-order valence-electron chi connectivity index (χ3n) is 7.77. The Hall–Kier alpha value is -3.43. The Morgan fingerprint density at radius 3 is 2.64 bits per heavy atom. The number of H-pyrrole nitrogens is 1. The first-order valence-electron chi connectivity index (χ1n) is 13.7. The summed E-state index contributed by atoms with van der Waals surface area (Å²) >= 11 is 0. The van der Waals surface area contributed by atoms with Crippen molar-refractivity contribution in [1.29, 1.82) is 0 Å². The van der Waals surface area contributed by atoms with Gasteiger partial charge in [0.2, 0.25) is 0 Å². The lowest BCUT2D eigenvalue weighted by atomic mass is 9.88. The van der Waals surface area contributed by atoms with E-state index in [2.05, 4.69) is 39.2 Å². The van der Waals surface area contributed by atoms with E-state index in [1.807, 2.05) is 31.1 Å². The smallest absolute Gasteiger partial charge is 0.320 e. The summed E-state index contributed by atoms with van der Waals surface area (Å²) in [5.41, 5.74) is 4.65. The lowest BCUT2D eigenvalue weighted by molar-refractivity contribution is 0.0376. The van der Waals surface area contributed by atoms with Gasteiger partial charge in [-0.3, -0.25) is 0 Å². The number of aromatic nitrogens is 1. The first-order valence-corrected chi connectivity index (χ1v) is 13.7. The number of nitrogens with one attached hydrogen (secondary N) is 1. The Morgan fingerprint density at radius 1 is 1.08 bits per heavy atom. The number of hydrogen-bond donors (Lipinski definition) is 1. The fraction of sp³-hybridized carbons (Fsp3) is 0.500. The van der Waals surface area contributed by atoms with Crippen LogP contribution in [0, 0.1) is 0 Å². The molecule has 3 aromatic rings. The van der Waals surface area contributed by atoms with Gasteiger partial charge in [0.15, 0.2) is 11.5 Å². The molecule has 0 bridgehead atoms. The molecule has 2 aliphatic rings. The molecule has 5 rings (SSSR count). The average Bonchev–Trinajstić information content (AvgIpc) is 3.37. The molecule has 1 saturated heterocycles. The van der Waals surface area contributed by atoms with Gasteiger partial charge in [0.25, 0.3) is 0 Å². The zero-order valence-corrected chi connectivity index (χ0v) is 23.5. The van der Waals surface area contributed by atoms with Gasteiger partial charge in [0, 0.05) is 43.3 Å². The Kier molecular flexibility index (Phi) is 8.47. The maximum atomic E-state index is 13.8. The Balaban J connectivity index is 1.45. The maximum Gasteiger partial charge on any atom is 0.320 e. The van der Waals surface area contributed by atoms with Crippen LogP contribution in [0.3, 0.4) is 0 Å². The average molecular weight is 537 g/mol. The molecule has 210 valence electrons. The van der Waals surface area contributed by atoms with Crippen molar-refractivity contribution in [2.24, 2.45) is 0 Å². The molecule has 0 saturated carbocycles. The predicted octanol–water partition coefficient (Wildman–Crippen LogP) is 4.11. The highest BCUT2D eigenvalue weighted by molar-refractivity contribution is 5.84. The van der Waals surface area contributed by atoms with E-state index < -0.39 is 0 Å². The van der Waals surface area contributed by atoms with Crippen LogP contribution in [0.4, 0.5) is 4.79 Å². The number of morpholine rings is 1. The Labute approximate surface area is 230 Å². The molecule has 9 heteroatoms. The van der Waals surface area contributed by atoms with Crippen molar-refractivity contribution in [2.75, 3.05) is 74.3 Å². The normalized spacial score (nSPS) is 17.4. The Bertz CT molecular complexity index is 1280. The van der Waals surface area contributed by atoms with Gasteiger partial charge in [-0.2, -0.15) is 0 Å². The number of ether oxygens (including phenoxy) is 4. The van der Waals surface area contributed by atoms with Gasteiger partial charge in [-0.15, -0.1) is 0 Å². The van der Waals surface area contributed by atoms with Crippen LogP contribution in [0.5, 0.6) is 17.2 Å². The number of carbonyl (C=O) groups excluding carboxylic acids is 1. The molecule has 1 unspecified atom stereocenters. The fourth-order valence-corrected chi connectivity index (χ4v) is 5.58. The first kappa shape index (κ1) is 27.1. The summed E-state index contributed by atoms with van der Waals surface area (Å²) in [4.78, 5) is 23.2. The van der Waals surface area contributed by atoms with Crippen molar-refractivity contribution in [3.63, 3.8) is 0 Å². The zero-order valence-electron chi connectivity index (χ0n) is 23.5. The van der Waals surface area contributed by atoms with Crippen LogP contribution >= 0.6 is 0 Å². The molecule has 1 fully saturated rings. The number of rotatable bonds is 9. The molecule has 39 heavy (non-hydrogen) atoms. The fourth-order valence-electron chi connectivity index (χ4n) is 5.58. The molecular weight excluding hydrogens is 496 g/mol. The van der Waals surface area contributed by atoms with E-state index in [1.165, 1.54) is 11.1 Å².